The fourth-order valence-electron chi connectivity index (χ4n) is 5.22. The number of hydrogen-bond donors (Lipinski definition) is 2. The zero-order valence-corrected chi connectivity index (χ0v) is 25.6. The molecular weight excluding hydrogens is 629 g/mol. The lowest BCUT2D eigenvalue weighted by atomic mass is 9.95. The van der Waals surface area contributed by atoms with Crippen LogP contribution in [0.15, 0.2) is 53.4 Å². The molecule has 43 heavy (non-hydrogen) atoms. The molecule has 0 aliphatic carbocycles. The molecule has 1 aliphatic rings. The highest BCUT2D eigenvalue weighted by atomic mass is 35.5. The SMILES string of the molecule is COc1c(F)cc(F)c(OC)c1-c1ccc([C@@H](CC(=O)O)NC(=O)[C@]2(C)CCCN2S(=O)(=O)c2cc(Cl)cc(Cl)c2)cc1. The maximum atomic E-state index is 14.5. The van der Waals surface area contributed by atoms with Crippen molar-refractivity contribution in [2.45, 2.75) is 42.7 Å². The molecule has 0 radical (unpaired) electrons. The number of carboxylic acids is 1. The quantitative estimate of drug-likeness (QED) is 0.281. The molecule has 2 N–H and O–H groups in total. The van der Waals surface area contributed by atoms with E-state index in [1.165, 1.54) is 63.6 Å². The first kappa shape index (κ1) is 32.5. The molecule has 230 valence electrons. The molecule has 0 saturated carbocycles. The molecule has 0 bridgehead atoms. The van der Waals surface area contributed by atoms with Crippen LogP contribution in [-0.4, -0.2) is 56.0 Å². The fourth-order valence-corrected chi connectivity index (χ4v) is 7.76. The number of carbonyl (C=O) groups excluding carboxylic acids is 1. The number of sulfonamides is 1. The lowest BCUT2D eigenvalue weighted by molar-refractivity contribution is -0.138. The molecule has 1 heterocycles. The molecule has 1 aliphatic heterocycles. The lowest BCUT2D eigenvalue weighted by Crippen LogP contribution is -2.55. The van der Waals surface area contributed by atoms with Gasteiger partial charge in [0.05, 0.1) is 37.1 Å². The van der Waals surface area contributed by atoms with E-state index in [1.54, 1.807) is 0 Å². The van der Waals surface area contributed by atoms with Crippen molar-refractivity contribution in [3.63, 3.8) is 0 Å². The van der Waals surface area contributed by atoms with E-state index in [-0.39, 0.29) is 45.0 Å². The van der Waals surface area contributed by atoms with Crippen LogP contribution in [0.25, 0.3) is 11.1 Å². The Balaban J connectivity index is 1.67. The summed E-state index contributed by atoms with van der Waals surface area (Å²) in [5, 5.41) is 12.5. The average molecular weight is 658 g/mol. The Hall–Kier alpha value is -3.45. The first-order valence-corrected chi connectivity index (χ1v) is 15.1. The summed E-state index contributed by atoms with van der Waals surface area (Å²) >= 11 is 12.1. The van der Waals surface area contributed by atoms with Crippen LogP contribution < -0.4 is 14.8 Å². The summed E-state index contributed by atoms with van der Waals surface area (Å²) in [4.78, 5) is 25.3. The van der Waals surface area contributed by atoms with Gasteiger partial charge in [-0.25, -0.2) is 17.2 Å². The molecule has 2 atom stereocenters. The van der Waals surface area contributed by atoms with Crippen LogP contribution in [0.4, 0.5) is 8.78 Å². The first-order valence-electron chi connectivity index (χ1n) is 12.9. The smallest absolute Gasteiger partial charge is 0.305 e. The molecule has 0 aromatic heterocycles. The molecule has 0 spiro atoms. The molecule has 0 unspecified atom stereocenters. The zero-order chi connectivity index (χ0) is 31.7. The van der Waals surface area contributed by atoms with Crippen molar-refractivity contribution in [3.05, 3.63) is 75.8 Å². The molecule has 3 aromatic carbocycles. The van der Waals surface area contributed by atoms with Crippen molar-refractivity contribution < 1.29 is 41.4 Å². The standard InChI is InChI=1S/C29H28Cl2F2N2O7S/c1-29(9-4-10-35(29)43(39,40)20-12-18(30)11-19(31)13-20)28(38)34-23(15-24(36)37)16-5-7-17(8-6-16)25-26(41-2)21(32)14-22(33)27(25)42-3/h5-8,11-14,23H,4,9-10,15H2,1-3H3,(H,34,38)(H,36,37)/t23-,29+/m1/s1. The van der Waals surface area contributed by atoms with Crippen molar-refractivity contribution in [1.82, 2.24) is 9.62 Å². The van der Waals surface area contributed by atoms with E-state index in [0.29, 0.717) is 23.6 Å². The maximum absolute atomic E-state index is 14.5. The third-order valence-electron chi connectivity index (χ3n) is 7.32. The number of ether oxygens (including phenoxy) is 2. The zero-order valence-electron chi connectivity index (χ0n) is 23.3. The van der Waals surface area contributed by atoms with Crippen molar-refractivity contribution in [1.29, 1.82) is 0 Å². The van der Waals surface area contributed by atoms with Gasteiger partial charge in [0.25, 0.3) is 0 Å². The number of amides is 1. The molecule has 1 fully saturated rings. The molecule has 1 saturated heterocycles. The number of rotatable bonds is 10. The van der Waals surface area contributed by atoms with Crippen LogP contribution in [0, 0.1) is 11.6 Å². The van der Waals surface area contributed by atoms with Crippen molar-refractivity contribution in [2.24, 2.45) is 0 Å². The number of nitrogens with zero attached hydrogens (tertiary/aromatic N) is 1. The number of aliphatic carboxylic acids is 1. The van der Waals surface area contributed by atoms with E-state index in [1.807, 2.05) is 0 Å². The Kier molecular flexibility index (Phi) is 9.55. The minimum absolute atomic E-state index is 0.00769. The van der Waals surface area contributed by atoms with E-state index in [2.05, 4.69) is 5.32 Å². The van der Waals surface area contributed by atoms with Crippen molar-refractivity contribution in [2.75, 3.05) is 20.8 Å². The predicted molar refractivity (Wildman–Crippen MR) is 156 cm³/mol. The number of carbonyl (C=O) groups is 2. The monoisotopic (exact) mass is 656 g/mol. The Morgan fingerprint density at radius 1 is 1.02 bits per heavy atom. The van der Waals surface area contributed by atoms with Crippen LogP contribution in [0.3, 0.4) is 0 Å². The summed E-state index contributed by atoms with van der Waals surface area (Å²) in [6.45, 7) is 1.51. The van der Waals surface area contributed by atoms with Gasteiger partial charge in [0.2, 0.25) is 15.9 Å². The number of carboxylic acid groups (broad SMARTS) is 1. The van der Waals surface area contributed by atoms with E-state index in [4.69, 9.17) is 32.7 Å². The van der Waals surface area contributed by atoms with Crippen LogP contribution in [0.2, 0.25) is 10.0 Å². The second kappa shape index (κ2) is 12.7. The maximum Gasteiger partial charge on any atom is 0.305 e. The largest absolute Gasteiger partial charge is 0.493 e. The third kappa shape index (κ3) is 6.42. The summed E-state index contributed by atoms with van der Waals surface area (Å²) in [5.74, 6) is -4.32. The van der Waals surface area contributed by atoms with Crippen molar-refractivity contribution in [3.8, 4) is 22.6 Å². The van der Waals surface area contributed by atoms with Gasteiger partial charge in [-0.1, -0.05) is 47.5 Å². The van der Waals surface area contributed by atoms with Crippen molar-refractivity contribution >= 4 is 45.1 Å². The molecular formula is C29H28Cl2F2N2O7S. The van der Waals surface area contributed by atoms with Crippen LogP contribution in [0.5, 0.6) is 11.5 Å². The minimum Gasteiger partial charge on any atom is -0.493 e. The Bertz CT molecular complexity index is 1620. The molecule has 14 heteroatoms. The topological polar surface area (TPSA) is 122 Å². The second-order valence-corrected chi connectivity index (χ2v) is 12.8. The summed E-state index contributed by atoms with van der Waals surface area (Å²) in [6, 6.07) is 9.37. The normalized spacial score (nSPS) is 17.8. The second-order valence-electron chi connectivity index (χ2n) is 10.1. The highest BCUT2D eigenvalue weighted by Crippen LogP contribution is 2.42. The highest BCUT2D eigenvalue weighted by molar-refractivity contribution is 7.89. The Morgan fingerprint density at radius 3 is 2.09 bits per heavy atom. The van der Waals surface area contributed by atoms with Crippen LogP contribution in [-0.2, 0) is 19.6 Å². The predicted octanol–water partition coefficient (Wildman–Crippen LogP) is 5.83. The van der Waals surface area contributed by atoms with E-state index in [0.717, 1.165) is 4.31 Å². The number of hydrogen-bond acceptors (Lipinski definition) is 6. The number of benzene rings is 3. The number of nitrogens with one attached hydrogen (secondary N) is 1. The van der Waals surface area contributed by atoms with E-state index < -0.39 is 51.5 Å². The fraction of sp³-hybridized carbons (Fsp3) is 0.310. The molecule has 1 amide bonds. The molecule has 3 aromatic rings. The van der Waals surface area contributed by atoms with Gasteiger partial charge in [-0.15, -0.1) is 0 Å². The summed E-state index contributed by atoms with van der Waals surface area (Å²) < 4.78 is 67.4. The Labute approximate surface area is 257 Å². The third-order valence-corrected chi connectivity index (χ3v) is 9.76. The van der Waals surface area contributed by atoms with Gasteiger partial charge in [0, 0.05) is 22.7 Å². The molecule has 9 nitrogen and oxygen atoms in total. The highest BCUT2D eigenvalue weighted by Gasteiger charge is 2.50. The first-order chi connectivity index (χ1) is 20.2. The van der Waals surface area contributed by atoms with Gasteiger partial charge in [-0.2, -0.15) is 4.31 Å². The summed E-state index contributed by atoms with van der Waals surface area (Å²) in [5.41, 5.74) is -0.888. The lowest BCUT2D eigenvalue weighted by Gasteiger charge is -2.34. The van der Waals surface area contributed by atoms with Gasteiger partial charge in [-0.3, -0.25) is 9.59 Å². The van der Waals surface area contributed by atoms with E-state index in [9.17, 15) is 31.9 Å². The van der Waals surface area contributed by atoms with Gasteiger partial charge in [0.15, 0.2) is 23.1 Å². The summed E-state index contributed by atoms with van der Waals surface area (Å²) in [7, 11) is -1.77. The van der Waals surface area contributed by atoms with Gasteiger partial charge in [-0.05, 0) is 49.1 Å². The van der Waals surface area contributed by atoms with Crippen LogP contribution in [0.1, 0.15) is 37.8 Å². The van der Waals surface area contributed by atoms with Crippen LogP contribution >= 0.6 is 23.2 Å². The minimum atomic E-state index is -4.21. The average Bonchev–Trinajstić information content (AvgIpc) is 3.35. The molecule has 4 rings (SSSR count). The Morgan fingerprint density at radius 2 is 1.58 bits per heavy atom. The van der Waals surface area contributed by atoms with Gasteiger partial charge < -0.3 is 19.9 Å². The number of methoxy groups -OCH3 is 2. The number of halogens is 4. The van der Waals surface area contributed by atoms with Gasteiger partial charge in [0.1, 0.15) is 5.54 Å². The van der Waals surface area contributed by atoms with Gasteiger partial charge >= 0.3 is 5.97 Å². The van der Waals surface area contributed by atoms with E-state index >= 15 is 0 Å². The summed E-state index contributed by atoms with van der Waals surface area (Å²) in [6.07, 6.45) is 0.0263.